The number of benzene rings is 1. The molecule has 1 N–H and O–H groups in total. The van der Waals surface area contributed by atoms with Crippen LogP contribution in [0.1, 0.15) is 52.5 Å². The number of rotatable bonds is 3. The number of hydrogen-bond donors (Lipinski definition) is 1. The minimum atomic E-state index is -0.667. The number of β-amino-alcohol motifs (C(OH)–C–C–N with tert-alkyl or cyclic N) is 1. The molecule has 2 saturated heterocycles. The molecule has 0 bridgehead atoms. The van der Waals surface area contributed by atoms with Crippen LogP contribution in [-0.4, -0.2) is 63.9 Å². The molecule has 2 atom stereocenters. The van der Waals surface area contributed by atoms with Crippen LogP contribution in [-0.2, 0) is 11.2 Å². The van der Waals surface area contributed by atoms with Gasteiger partial charge in [0.25, 0.3) is 0 Å². The summed E-state index contributed by atoms with van der Waals surface area (Å²) < 4.78 is 5.50. The number of amides is 1. The molecule has 1 aromatic rings. The number of halogens is 1. The molecule has 1 unspecified atom stereocenters. The second-order valence-electron chi connectivity index (χ2n) is 9.56. The first-order valence-corrected chi connectivity index (χ1v) is 10.6. The number of ether oxygens (including phenoxy) is 1. The van der Waals surface area contributed by atoms with Crippen LogP contribution in [0.2, 0.25) is 5.02 Å². The Labute approximate surface area is 173 Å². The van der Waals surface area contributed by atoms with Gasteiger partial charge in [0.05, 0.1) is 5.60 Å². The molecule has 2 aliphatic rings. The van der Waals surface area contributed by atoms with Crippen molar-refractivity contribution < 1.29 is 14.6 Å². The highest BCUT2D eigenvalue weighted by atomic mass is 35.5. The fourth-order valence-electron chi connectivity index (χ4n) is 4.43. The molecular formula is C22H33ClN2O3. The van der Waals surface area contributed by atoms with Crippen molar-refractivity contribution in [2.45, 2.75) is 76.7 Å². The van der Waals surface area contributed by atoms with Crippen LogP contribution in [0.15, 0.2) is 24.3 Å². The maximum atomic E-state index is 12.3. The van der Waals surface area contributed by atoms with Gasteiger partial charge in [-0.15, -0.1) is 0 Å². The lowest BCUT2D eigenvalue weighted by molar-refractivity contribution is 0.0105. The van der Waals surface area contributed by atoms with E-state index < -0.39 is 11.2 Å². The number of piperidine rings is 1. The minimum Gasteiger partial charge on any atom is -0.444 e. The third kappa shape index (κ3) is 5.62. The number of nitrogens with zero attached hydrogens (tertiary/aromatic N) is 2. The Morgan fingerprint density at radius 3 is 2.43 bits per heavy atom. The largest absolute Gasteiger partial charge is 0.444 e. The molecule has 28 heavy (non-hydrogen) atoms. The Hall–Kier alpha value is -1.30. The van der Waals surface area contributed by atoms with E-state index in [9.17, 15) is 9.90 Å². The number of carbonyl (C=O) groups excluding carboxylic acids is 1. The number of hydrogen-bond acceptors (Lipinski definition) is 4. The average molecular weight is 409 g/mol. The van der Waals surface area contributed by atoms with Gasteiger partial charge in [0.1, 0.15) is 5.60 Å². The fourth-order valence-corrected chi connectivity index (χ4v) is 4.55. The quantitative estimate of drug-likeness (QED) is 0.817. The average Bonchev–Trinajstić information content (AvgIpc) is 2.90. The summed E-state index contributed by atoms with van der Waals surface area (Å²) in [5.41, 5.74) is 0.105. The summed E-state index contributed by atoms with van der Waals surface area (Å²) in [4.78, 5) is 16.6. The maximum absolute atomic E-state index is 12.3. The predicted molar refractivity (Wildman–Crippen MR) is 112 cm³/mol. The second-order valence-corrected chi connectivity index (χ2v) is 9.99. The van der Waals surface area contributed by atoms with Gasteiger partial charge in [-0.2, -0.15) is 0 Å². The maximum Gasteiger partial charge on any atom is 0.410 e. The Morgan fingerprint density at radius 2 is 1.86 bits per heavy atom. The zero-order valence-corrected chi connectivity index (χ0v) is 18.2. The van der Waals surface area contributed by atoms with Crippen molar-refractivity contribution >= 4 is 17.7 Å². The lowest BCUT2D eigenvalue weighted by Crippen LogP contribution is -2.50. The van der Waals surface area contributed by atoms with E-state index in [-0.39, 0.29) is 6.09 Å². The van der Waals surface area contributed by atoms with E-state index in [4.69, 9.17) is 16.3 Å². The Balaban J connectivity index is 1.61. The van der Waals surface area contributed by atoms with Crippen molar-refractivity contribution in [3.63, 3.8) is 0 Å². The molecular weight excluding hydrogens is 376 g/mol. The standard InChI is InChI=1S/C22H33ClN2O3/c1-21(2,3)28-20(26)24-11-9-18(10-12-24)25-15-22(4,27)14-19(25)13-16-5-7-17(23)8-6-16/h5-8,18-19,27H,9-15H2,1-4H3/t19-,22?/m0/s1. The topological polar surface area (TPSA) is 53.0 Å². The van der Waals surface area contributed by atoms with E-state index in [1.165, 1.54) is 5.56 Å². The van der Waals surface area contributed by atoms with E-state index >= 15 is 0 Å². The summed E-state index contributed by atoms with van der Waals surface area (Å²) >= 11 is 6.01. The third-order valence-electron chi connectivity index (χ3n) is 5.64. The molecule has 2 aliphatic heterocycles. The highest BCUT2D eigenvalue weighted by Gasteiger charge is 2.43. The molecule has 2 heterocycles. The van der Waals surface area contributed by atoms with Crippen LogP contribution >= 0.6 is 11.6 Å². The van der Waals surface area contributed by atoms with E-state index in [2.05, 4.69) is 17.0 Å². The zero-order valence-electron chi connectivity index (χ0n) is 17.4. The lowest BCUT2D eigenvalue weighted by Gasteiger charge is -2.39. The first kappa shape index (κ1) is 21.4. The summed E-state index contributed by atoms with van der Waals surface area (Å²) in [6.45, 7) is 9.69. The van der Waals surface area contributed by atoms with Gasteiger partial charge in [0, 0.05) is 36.7 Å². The summed E-state index contributed by atoms with van der Waals surface area (Å²) in [6, 6.07) is 8.66. The van der Waals surface area contributed by atoms with Crippen molar-refractivity contribution in [1.29, 1.82) is 0 Å². The normalized spacial score (nSPS) is 27.2. The van der Waals surface area contributed by atoms with Crippen LogP contribution in [0.3, 0.4) is 0 Å². The molecule has 0 aliphatic carbocycles. The summed E-state index contributed by atoms with van der Waals surface area (Å²) in [6.07, 6.45) is 3.26. The van der Waals surface area contributed by atoms with Gasteiger partial charge in [-0.1, -0.05) is 23.7 Å². The van der Waals surface area contributed by atoms with Crippen LogP contribution in [0.5, 0.6) is 0 Å². The molecule has 0 aromatic heterocycles. The van der Waals surface area contributed by atoms with Crippen molar-refractivity contribution in [1.82, 2.24) is 9.80 Å². The van der Waals surface area contributed by atoms with Gasteiger partial charge in [0.2, 0.25) is 0 Å². The van der Waals surface area contributed by atoms with Gasteiger partial charge in [-0.3, -0.25) is 4.90 Å². The van der Waals surface area contributed by atoms with Crippen LogP contribution in [0.25, 0.3) is 0 Å². The summed E-state index contributed by atoms with van der Waals surface area (Å²) in [7, 11) is 0. The molecule has 6 heteroatoms. The highest BCUT2D eigenvalue weighted by Crippen LogP contribution is 2.34. The van der Waals surface area contributed by atoms with Gasteiger partial charge in [-0.25, -0.2) is 4.79 Å². The monoisotopic (exact) mass is 408 g/mol. The molecule has 0 spiro atoms. The highest BCUT2D eigenvalue weighted by molar-refractivity contribution is 6.30. The molecule has 1 amide bonds. The van der Waals surface area contributed by atoms with Crippen LogP contribution in [0, 0.1) is 0 Å². The van der Waals surface area contributed by atoms with Crippen LogP contribution < -0.4 is 0 Å². The lowest BCUT2D eigenvalue weighted by atomic mass is 9.97. The van der Waals surface area contributed by atoms with E-state index in [0.717, 1.165) is 30.7 Å². The first-order valence-electron chi connectivity index (χ1n) is 10.2. The molecule has 5 nitrogen and oxygen atoms in total. The molecule has 156 valence electrons. The van der Waals surface area contributed by atoms with Gasteiger partial charge >= 0.3 is 6.09 Å². The van der Waals surface area contributed by atoms with Crippen LogP contribution in [0.4, 0.5) is 4.79 Å². The summed E-state index contributed by atoms with van der Waals surface area (Å²) in [5.74, 6) is 0. The Bertz CT molecular complexity index is 676. The van der Waals surface area contributed by atoms with Gasteiger partial charge < -0.3 is 14.7 Å². The van der Waals surface area contributed by atoms with Gasteiger partial charge in [0.15, 0.2) is 0 Å². The minimum absolute atomic E-state index is 0.225. The number of carbonyl (C=O) groups is 1. The van der Waals surface area contributed by atoms with E-state index in [1.54, 1.807) is 0 Å². The van der Waals surface area contributed by atoms with E-state index in [0.29, 0.717) is 31.7 Å². The molecule has 0 saturated carbocycles. The van der Waals surface area contributed by atoms with Crippen molar-refractivity contribution in [2.24, 2.45) is 0 Å². The number of likely N-dealkylation sites (tertiary alicyclic amines) is 2. The Morgan fingerprint density at radius 1 is 1.25 bits per heavy atom. The van der Waals surface area contributed by atoms with E-state index in [1.807, 2.05) is 44.7 Å². The zero-order chi connectivity index (χ0) is 20.5. The fraction of sp³-hybridized carbons (Fsp3) is 0.682. The van der Waals surface area contributed by atoms with Crippen molar-refractivity contribution in [2.75, 3.05) is 19.6 Å². The summed E-state index contributed by atoms with van der Waals surface area (Å²) in [5, 5.41) is 11.5. The van der Waals surface area contributed by atoms with Crippen molar-refractivity contribution in [3.8, 4) is 0 Å². The molecule has 2 fully saturated rings. The van der Waals surface area contributed by atoms with Crippen molar-refractivity contribution in [3.05, 3.63) is 34.9 Å². The first-order chi connectivity index (χ1) is 13.0. The second kappa shape index (κ2) is 8.21. The SMILES string of the molecule is CC1(O)C[C@H](Cc2ccc(Cl)cc2)N(C2CCN(C(=O)OC(C)(C)C)CC2)C1. The smallest absolute Gasteiger partial charge is 0.410 e. The predicted octanol–water partition coefficient (Wildman–Crippen LogP) is 4.11. The molecule has 3 rings (SSSR count). The number of aliphatic hydroxyl groups is 1. The Kier molecular flexibility index (Phi) is 6.28. The molecule has 0 radical (unpaired) electrons. The van der Waals surface area contributed by atoms with Gasteiger partial charge in [-0.05, 0) is 71.1 Å². The third-order valence-corrected chi connectivity index (χ3v) is 5.89. The molecule has 1 aromatic carbocycles.